The van der Waals surface area contributed by atoms with Gasteiger partial charge in [-0.2, -0.15) is 0 Å². The predicted molar refractivity (Wildman–Crippen MR) is 240 cm³/mol. The molecule has 1 nitrogen and oxygen atoms in total. The van der Waals surface area contributed by atoms with Crippen molar-refractivity contribution in [2.75, 3.05) is 4.90 Å². The standard InChI is InChI=1S/C56H41N/c1-4-5-20-46-44-23-12-15-26-49(44)56(50-27-16-13-24-47(50)53-42-21-10-9-19-39(42)30-35-51(53)56)54(46)57(40-31-28-38(29-32-40)37-17-7-6-8-18-37)41-33-34-45-43-22-11-14-25-48(43)55(2,3)52(45)36-41/h4-36H,1H2,2-3H3/b20-5-. The fourth-order valence-electron chi connectivity index (χ4n) is 10.4. The topological polar surface area (TPSA) is 3.24 Å². The summed E-state index contributed by atoms with van der Waals surface area (Å²) < 4.78 is 0. The minimum atomic E-state index is -0.622. The van der Waals surface area contributed by atoms with Gasteiger partial charge in [-0.15, -0.1) is 0 Å². The monoisotopic (exact) mass is 727 g/mol. The normalized spacial score (nSPS) is 16.7. The highest BCUT2D eigenvalue weighted by molar-refractivity contribution is 6.07. The lowest BCUT2D eigenvalue weighted by Gasteiger charge is -2.40. The largest absolute Gasteiger partial charge is 0.312 e. The van der Waals surface area contributed by atoms with Crippen LogP contribution >= 0.6 is 0 Å². The van der Waals surface area contributed by atoms with Gasteiger partial charge in [-0.05, 0) is 102 Å². The van der Waals surface area contributed by atoms with Crippen LogP contribution in [0.3, 0.4) is 0 Å². The molecule has 0 N–H and O–H groups in total. The molecule has 57 heavy (non-hydrogen) atoms. The van der Waals surface area contributed by atoms with Gasteiger partial charge in [0.05, 0.1) is 11.1 Å². The van der Waals surface area contributed by atoms with Crippen LogP contribution in [0.15, 0.2) is 212 Å². The highest BCUT2D eigenvalue weighted by atomic mass is 15.2. The Morgan fingerprint density at radius 1 is 0.474 bits per heavy atom. The molecule has 11 rings (SSSR count). The van der Waals surface area contributed by atoms with Crippen LogP contribution in [0.5, 0.6) is 0 Å². The van der Waals surface area contributed by atoms with Crippen LogP contribution in [0.2, 0.25) is 0 Å². The second-order valence-electron chi connectivity index (χ2n) is 16.1. The van der Waals surface area contributed by atoms with Gasteiger partial charge in [0.25, 0.3) is 0 Å². The number of rotatable bonds is 6. The Morgan fingerprint density at radius 2 is 1.07 bits per heavy atom. The fourth-order valence-corrected chi connectivity index (χ4v) is 10.4. The summed E-state index contributed by atoms with van der Waals surface area (Å²) in [6.45, 7) is 8.90. The fraction of sp³-hybridized carbons (Fsp3) is 0.0714. The first kappa shape index (κ1) is 33.4. The van der Waals surface area contributed by atoms with Gasteiger partial charge < -0.3 is 4.90 Å². The molecule has 0 saturated carbocycles. The summed E-state index contributed by atoms with van der Waals surface area (Å²) in [5.74, 6) is 0. The van der Waals surface area contributed by atoms with Crippen LogP contribution in [0.1, 0.15) is 47.2 Å². The summed E-state index contributed by atoms with van der Waals surface area (Å²) >= 11 is 0. The molecule has 270 valence electrons. The van der Waals surface area contributed by atoms with Crippen molar-refractivity contribution in [3.63, 3.8) is 0 Å². The molecule has 0 saturated heterocycles. The van der Waals surface area contributed by atoms with E-state index in [0.29, 0.717) is 0 Å². The third-order valence-corrected chi connectivity index (χ3v) is 12.8. The average molecular weight is 728 g/mol. The van der Waals surface area contributed by atoms with E-state index in [1.807, 2.05) is 6.08 Å². The van der Waals surface area contributed by atoms with E-state index in [0.717, 1.165) is 11.4 Å². The summed E-state index contributed by atoms with van der Waals surface area (Å²) in [7, 11) is 0. The lowest BCUT2D eigenvalue weighted by molar-refractivity contribution is 0.660. The molecule has 0 radical (unpaired) electrons. The Balaban J connectivity index is 1.26. The summed E-state index contributed by atoms with van der Waals surface area (Å²) in [5.41, 5.74) is 19.4. The molecule has 0 amide bonds. The van der Waals surface area contributed by atoms with Gasteiger partial charge in [0.1, 0.15) is 0 Å². The Kier molecular flexibility index (Phi) is 7.34. The number of benzene rings is 8. The van der Waals surface area contributed by atoms with Gasteiger partial charge in [0.2, 0.25) is 0 Å². The molecule has 3 aliphatic carbocycles. The molecule has 0 aliphatic heterocycles. The van der Waals surface area contributed by atoms with E-state index < -0.39 is 5.41 Å². The summed E-state index contributed by atoms with van der Waals surface area (Å²) in [5, 5.41) is 2.53. The van der Waals surface area contributed by atoms with Crippen molar-refractivity contribution in [3.8, 4) is 33.4 Å². The lowest BCUT2D eigenvalue weighted by atomic mass is 9.71. The third kappa shape index (κ3) is 4.63. The molecule has 0 fully saturated rings. The minimum absolute atomic E-state index is 0.160. The number of fused-ring (bicyclic) bond motifs is 12. The Morgan fingerprint density at radius 3 is 1.84 bits per heavy atom. The van der Waals surface area contributed by atoms with Crippen molar-refractivity contribution < 1.29 is 0 Å². The van der Waals surface area contributed by atoms with E-state index in [-0.39, 0.29) is 5.41 Å². The zero-order valence-corrected chi connectivity index (χ0v) is 32.2. The van der Waals surface area contributed by atoms with Crippen LogP contribution in [0, 0.1) is 0 Å². The Labute approximate surface area is 335 Å². The molecule has 0 bridgehead atoms. The predicted octanol–water partition coefficient (Wildman–Crippen LogP) is 14.4. The van der Waals surface area contributed by atoms with Crippen LogP contribution in [0.25, 0.3) is 49.7 Å². The zero-order valence-electron chi connectivity index (χ0n) is 32.2. The number of allylic oxidation sites excluding steroid dienone is 5. The summed E-state index contributed by atoms with van der Waals surface area (Å²) in [4.78, 5) is 2.58. The maximum atomic E-state index is 4.15. The lowest BCUT2D eigenvalue weighted by Crippen LogP contribution is -2.36. The number of hydrogen-bond donors (Lipinski definition) is 0. The maximum absolute atomic E-state index is 4.15. The molecule has 8 aromatic rings. The second-order valence-corrected chi connectivity index (χ2v) is 16.1. The summed E-state index contributed by atoms with van der Waals surface area (Å²) in [6, 6.07) is 67.8. The van der Waals surface area contributed by atoms with Gasteiger partial charge in [-0.1, -0.05) is 196 Å². The van der Waals surface area contributed by atoms with Gasteiger partial charge >= 0.3 is 0 Å². The average Bonchev–Trinajstić information content (AvgIpc) is 3.82. The van der Waals surface area contributed by atoms with Crippen LogP contribution < -0.4 is 4.90 Å². The van der Waals surface area contributed by atoms with Gasteiger partial charge in [-0.25, -0.2) is 0 Å². The van der Waals surface area contributed by atoms with Gasteiger partial charge in [0.15, 0.2) is 0 Å². The third-order valence-electron chi connectivity index (χ3n) is 12.8. The van der Waals surface area contributed by atoms with Crippen molar-refractivity contribution in [2.24, 2.45) is 0 Å². The molecule has 3 aliphatic rings. The molecule has 1 heteroatoms. The first-order valence-corrected chi connectivity index (χ1v) is 20.0. The number of anilines is 2. The van der Waals surface area contributed by atoms with E-state index in [2.05, 4.69) is 219 Å². The zero-order chi connectivity index (χ0) is 38.3. The molecule has 1 spiro atoms. The first-order chi connectivity index (χ1) is 28.0. The van der Waals surface area contributed by atoms with E-state index in [1.165, 1.54) is 88.8 Å². The van der Waals surface area contributed by atoms with Crippen molar-refractivity contribution in [1.82, 2.24) is 0 Å². The van der Waals surface area contributed by atoms with Crippen molar-refractivity contribution in [3.05, 3.63) is 246 Å². The molecule has 1 unspecified atom stereocenters. The van der Waals surface area contributed by atoms with E-state index in [9.17, 15) is 0 Å². The van der Waals surface area contributed by atoms with Crippen LogP contribution in [0.4, 0.5) is 11.4 Å². The van der Waals surface area contributed by atoms with Crippen molar-refractivity contribution in [2.45, 2.75) is 24.7 Å². The molecule has 0 aromatic heterocycles. The smallest absolute Gasteiger partial charge is 0.0882 e. The molecule has 8 aromatic carbocycles. The molecular formula is C56H41N. The second kappa shape index (κ2) is 12.5. The van der Waals surface area contributed by atoms with Gasteiger partial charge in [-0.3, -0.25) is 0 Å². The maximum Gasteiger partial charge on any atom is 0.0882 e. The van der Waals surface area contributed by atoms with E-state index in [1.54, 1.807) is 0 Å². The van der Waals surface area contributed by atoms with Crippen LogP contribution in [-0.4, -0.2) is 0 Å². The Hall–Kier alpha value is -6.96. The van der Waals surface area contributed by atoms with E-state index in [4.69, 9.17) is 0 Å². The molecule has 1 atom stereocenters. The van der Waals surface area contributed by atoms with Crippen LogP contribution in [-0.2, 0) is 10.8 Å². The number of nitrogens with zero attached hydrogens (tertiary/aromatic N) is 1. The number of hydrogen-bond acceptors (Lipinski definition) is 1. The molecular weight excluding hydrogens is 687 g/mol. The minimum Gasteiger partial charge on any atom is -0.312 e. The quantitative estimate of drug-likeness (QED) is 0.154. The Bertz CT molecular complexity index is 3000. The summed E-state index contributed by atoms with van der Waals surface area (Å²) in [6.07, 6.45) is 6.29. The van der Waals surface area contributed by atoms with Crippen molar-refractivity contribution in [1.29, 1.82) is 0 Å². The highest BCUT2D eigenvalue weighted by Gasteiger charge is 2.55. The highest BCUT2D eigenvalue weighted by Crippen LogP contribution is 2.65. The van der Waals surface area contributed by atoms with E-state index >= 15 is 0 Å². The van der Waals surface area contributed by atoms with Gasteiger partial charge in [0, 0.05) is 22.4 Å². The SMILES string of the molecule is C=C/C=C\C1=C(N(c2ccc(-c3ccccc3)cc2)c2ccc3c(c2)C(C)(C)c2ccccc2-3)C2(c3ccccc31)c1ccccc1-c1c2ccc2ccccc12. The first-order valence-electron chi connectivity index (χ1n) is 20.0. The molecule has 0 heterocycles. The van der Waals surface area contributed by atoms with Crippen molar-refractivity contribution >= 4 is 27.7 Å².